The fourth-order valence-electron chi connectivity index (χ4n) is 3.69. The van der Waals surface area contributed by atoms with Gasteiger partial charge in [-0.3, -0.25) is 10.2 Å². The number of phenols is 1. The van der Waals surface area contributed by atoms with Crippen LogP contribution in [0, 0.1) is 0 Å². The molecule has 1 heterocycles. The Labute approximate surface area is 202 Å². The van der Waals surface area contributed by atoms with Crippen molar-refractivity contribution in [1.29, 1.82) is 0 Å². The summed E-state index contributed by atoms with van der Waals surface area (Å²) in [6, 6.07) is 11.0. The summed E-state index contributed by atoms with van der Waals surface area (Å²) >= 11 is 0. The molecule has 2 aromatic rings. The van der Waals surface area contributed by atoms with Gasteiger partial charge in [0.2, 0.25) is 0 Å². The van der Waals surface area contributed by atoms with Gasteiger partial charge < -0.3 is 14.9 Å². The van der Waals surface area contributed by atoms with E-state index in [0.29, 0.717) is 11.1 Å². The Morgan fingerprint density at radius 3 is 2.53 bits per heavy atom. The molecule has 0 aromatic heterocycles. The monoisotopic (exact) mass is 500 g/mol. The first-order chi connectivity index (χ1) is 17.0. The number of carboxylic acid groups (broad SMARTS) is 1. The van der Waals surface area contributed by atoms with Gasteiger partial charge in [0.15, 0.2) is 11.3 Å². The Balaban J connectivity index is 1.54. The quantitative estimate of drug-likeness (QED) is 0.518. The van der Waals surface area contributed by atoms with Crippen LogP contribution in [0.25, 0.3) is 5.57 Å². The molecule has 12 heteroatoms. The Bertz CT molecular complexity index is 1330. The molecule has 0 saturated heterocycles. The predicted molar refractivity (Wildman–Crippen MR) is 124 cm³/mol. The first-order valence-corrected chi connectivity index (χ1v) is 10.5. The smallest absolute Gasteiger partial charge is 0.507 e. The number of carboxylic acids is 1. The average Bonchev–Trinajstić information content (AvgIpc) is 3.10. The topological polar surface area (TPSA) is 124 Å². The molecule has 1 atom stereocenters. The van der Waals surface area contributed by atoms with Crippen LogP contribution in [0.2, 0.25) is 0 Å². The number of nitrogens with one attached hydrogen (secondary N) is 1. The summed E-state index contributed by atoms with van der Waals surface area (Å²) in [5, 5.41) is 29.2. The van der Waals surface area contributed by atoms with E-state index in [4.69, 9.17) is 0 Å². The molecule has 2 aromatic carbocycles. The van der Waals surface area contributed by atoms with Crippen LogP contribution in [0.5, 0.6) is 11.5 Å². The van der Waals surface area contributed by atoms with Gasteiger partial charge in [-0.25, -0.2) is 4.79 Å². The van der Waals surface area contributed by atoms with Gasteiger partial charge in [0.1, 0.15) is 11.5 Å². The summed E-state index contributed by atoms with van der Waals surface area (Å²) in [5.41, 5.74) is 2.01. The maximum atomic E-state index is 12.9. The summed E-state index contributed by atoms with van der Waals surface area (Å²) in [6.07, 6.45) is -0.367. The average molecular weight is 500 g/mol. The van der Waals surface area contributed by atoms with E-state index in [-0.39, 0.29) is 29.3 Å². The number of ether oxygens (including phenoxy) is 1. The fraction of sp³-hybridized carbons (Fsp3) is 0.167. The summed E-state index contributed by atoms with van der Waals surface area (Å²) in [6.45, 7) is 1.48. The molecule has 1 amide bonds. The number of halogens is 3. The second-order valence-electron chi connectivity index (χ2n) is 7.94. The molecule has 0 radical (unpaired) electrons. The molecule has 1 aliphatic carbocycles. The van der Waals surface area contributed by atoms with E-state index < -0.39 is 29.5 Å². The number of hydrazone groups is 2. The van der Waals surface area contributed by atoms with E-state index in [2.05, 4.69) is 20.4 Å². The highest BCUT2D eigenvalue weighted by molar-refractivity contribution is 6.71. The van der Waals surface area contributed by atoms with Gasteiger partial charge in [0, 0.05) is 12.0 Å². The van der Waals surface area contributed by atoms with Crippen LogP contribution in [0.3, 0.4) is 0 Å². The molecule has 1 unspecified atom stereocenters. The predicted octanol–water partition coefficient (Wildman–Crippen LogP) is 3.83. The number of amides is 1. The van der Waals surface area contributed by atoms with Gasteiger partial charge in [-0.05, 0) is 48.9 Å². The Hall–Kier alpha value is -4.61. The maximum Gasteiger partial charge on any atom is 0.573 e. The van der Waals surface area contributed by atoms with Crippen LogP contribution in [0.4, 0.5) is 18.9 Å². The lowest BCUT2D eigenvalue weighted by Gasteiger charge is -2.29. The molecule has 0 bridgehead atoms. The second kappa shape index (κ2) is 9.21. The SMILES string of the molecule is CC1=NN(c2ccc(OC(F)(F)F)cc2)C(=O)C1=NNC1(C(=O)O)C=CC=C(c2ccccc2O)C1. The number of carbonyl (C=O) groups excluding carboxylic acids is 1. The lowest BCUT2D eigenvalue weighted by atomic mass is 9.84. The van der Waals surface area contributed by atoms with E-state index in [9.17, 15) is 33.0 Å². The zero-order valence-corrected chi connectivity index (χ0v) is 18.7. The highest BCUT2D eigenvalue weighted by atomic mass is 19.4. The molecule has 4 rings (SSSR count). The molecule has 36 heavy (non-hydrogen) atoms. The minimum absolute atomic E-state index is 0.0131. The molecule has 186 valence electrons. The van der Waals surface area contributed by atoms with Crippen molar-refractivity contribution in [3.05, 3.63) is 72.3 Å². The third-order valence-corrected chi connectivity index (χ3v) is 5.45. The van der Waals surface area contributed by atoms with Crippen molar-refractivity contribution in [3.63, 3.8) is 0 Å². The third-order valence-electron chi connectivity index (χ3n) is 5.45. The number of carbonyl (C=O) groups is 2. The number of allylic oxidation sites excluding steroid dienone is 2. The second-order valence-corrected chi connectivity index (χ2v) is 7.94. The van der Waals surface area contributed by atoms with Gasteiger partial charge in [-0.1, -0.05) is 30.4 Å². The van der Waals surface area contributed by atoms with E-state index in [0.717, 1.165) is 17.1 Å². The molecular formula is C24H19F3N4O5. The molecule has 1 aliphatic heterocycles. The van der Waals surface area contributed by atoms with Crippen molar-refractivity contribution in [2.75, 3.05) is 5.01 Å². The standard InChI is InChI=1S/C24H19F3N4O5/c1-14-20(21(33)31(29-14)16-8-10-17(11-9-16)36-24(25,26)27)28-30-23(22(34)35)12-4-5-15(13-23)18-6-2-3-7-19(18)32/h2-12,30,32H,13H2,1H3,(H,34,35). The first-order valence-electron chi connectivity index (χ1n) is 10.5. The van der Waals surface area contributed by atoms with Gasteiger partial charge >= 0.3 is 18.2 Å². The first kappa shape index (κ1) is 24.5. The number of hydrogen-bond donors (Lipinski definition) is 3. The molecule has 3 N–H and O–H groups in total. The summed E-state index contributed by atoms with van der Waals surface area (Å²) in [7, 11) is 0. The number of nitrogens with zero attached hydrogens (tertiary/aromatic N) is 3. The Morgan fingerprint density at radius 2 is 1.89 bits per heavy atom. The van der Waals surface area contributed by atoms with Crippen LogP contribution >= 0.6 is 0 Å². The van der Waals surface area contributed by atoms with Crippen LogP contribution < -0.4 is 15.2 Å². The molecule has 0 saturated carbocycles. The zero-order valence-electron chi connectivity index (χ0n) is 18.7. The highest BCUT2D eigenvalue weighted by Gasteiger charge is 2.40. The molecular weight excluding hydrogens is 481 g/mol. The number of phenolic OH excluding ortho intramolecular Hbond substituents is 1. The number of rotatable bonds is 6. The third kappa shape index (κ3) is 4.92. The number of hydrogen-bond acceptors (Lipinski definition) is 7. The summed E-state index contributed by atoms with van der Waals surface area (Å²) < 4.78 is 41.0. The number of alkyl halides is 3. The number of benzene rings is 2. The van der Waals surface area contributed by atoms with E-state index in [1.165, 1.54) is 37.3 Å². The Morgan fingerprint density at radius 1 is 1.19 bits per heavy atom. The molecule has 9 nitrogen and oxygen atoms in total. The largest absolute Gasteiger partial charge is 0.573 e. The maximum absolute atomic E-state index is 12.9. The Kier molecular flexibility index (Phi) is 6.27. The van der Waals surface area contributed by atoms with Crippen molar-refractivity contribution in [2.45, 2.75) is 25.2 Å². The number of para-hydroxylation sites is 1. The van der Waals surface area contributed by atoms with Crippen LogP contribution in [0.1, 0.15) is 18.9 Å². The van der Waals surface area contributed by atoms with Gasteiger partial charge in [0.25, 0.3) is 0 Å². The molecule has 2 aliphatic rings. The lowest BCUT2D eigenvalue weighted by molar-refractivity contribution is -0.274. The van der Waals surface area contributed by atoms with Crippen LogP contribution in [0.15, 0.2) is 77.0 Å². The minimum Gasteiger partial charge on any atom is -0.507 e. The van der Waals surface area contributed by atoms with Gasteiger partial charge in [-0.15, -0.1) is 13.2 Å². The van der Waals surface area contributed by atoms with Gasteiger partial charge in [-0.2, -0.15) is 15.2 Å². The molecule has 0 fully saturated rings. The summed E-state index contributed by atoms with van der Waals surface area (Å²) in [4.78, 5) is 25.2. The lowest BCUT2D eigenvalue weighted by Crippen LogP contribution is -2.50. The van der Waals surface area contributed by atoms with Crippen molar-refractivity contribution >= 4 is 34.6 Å². The highest BCUT2D eigenvalue weighted by Crippen LogP contribution is 2.35. The van der Waals surface area contributed by atoms with Crippen molar-refractivity contribution < 1.29 is 37.7 Å². The normalized spacial score (nSPS) is 20.8. The minimum atomic E-state index is -4.85. The number of anilines is 1. The van der Waals surface area contributed by atoms with Crippen LogP contribution in [-0.4, -0.2) is 45.4 Å². The summed E-state index contributed by atoms with van der Waals surface area (Å²) in [5.74, 6) is -2.45. The number of aliphatic carboxylic acids is 1. The van der Waals surface area contributed by atoms with Gasteiger partial charge in [0.05, 0.1) is 11.4 Å². The van der Waals surface area contributed by atoms with Crippen LogP contribution in [-0.2, 0) is 9.59 Å². The van der Waals surface area contributed by atoms with Crippen molar-refractivity contribution in [1.82, 2.24) is 5.43 Å². The van der Waals surface area contributed by atoms with E-state index >= 15 is 0 Å². The van der Waals surface area contributed by atoms with Crippen molar-refractivity contribution in [2.24, 2.45) is 10.2 Å². The fourth-order valence-corrected chi connectivity index (χ4v) is 3.69. The number of aromatic hydroxyl groups is 1. The van der Waals surface area contributed by atoms with E-state index in [1.54, 1.807) is 24.3 Å². The molecule has 0 spiro atoms. The van der Waals surface area contributed by atoms with E-state index in [1.807, 2.05) is 0 Å². The van der Waals surface area contributed by atoms with Crippen molar-refractivity contribution in [3.8, 4) is 11.5 Å². The zero-order chi connectivity index (χ0) is 26.1.